The molecule has 126 valence electrons. The van der Waals surface area contributed by atoms with Gasteiger partial charge in [0.15, 0.2) is 0 Å². The van der Waals surface area contributed by atoms with Crippen molar-refractivity contribution in [3.63, 3.8) is 0 Å². The second-order valence-electron chi connectivity index (χ2n) is 6.16. The van der Waals surface area contributed by atoms with Crippen LogP contribution in [-0.2, 0) is 4.79 Å². The number of alkyl halides is 1. The number of hydrogen-bond acceptors (Lipinski definition) is 3. The van der Waals surface area contributed by atoms with Crippen molar-refractivity contribution in [1.29, 1.82) is 0 Å². The van der Waals surface area contributed by atoms with Crippen LogP contribution < -0.4 is 5.32 Å². The predicted molar refractivity (Wildman–Crippen MR) is 93.0 cm³/mol. The van der Waals surface area contributed by atoms with Crippen LogP contribution in [0.5, 0.6) is 0 Å². The van der Waals surface area contributed by atoms with E-state index in [2.05, 4.69) is 17.3 Å². The summed E-state index contributed by atoms with van der Waals surface area (Å²) in [4.78, 5) is 28.2. The second kappa shape index (κ2) is 7.79. The number of piperidine rings is 1. The molecule has 5 nitrogen and oxygen atoms in total. The van der Waals surface area contributed by atoms with Crippen molar-refractivity contribution in [2.45, 2.75) is 31.2 Å². The lowest BCUT2D eigenvalue weighted by atomic mass is 10.0. The molecule has 0 bridgehead atoms. The molecule has 2 unspecified atom stereocenters. The number of likely N-dealkylation sites (N-methyl/N-ethyl adjacent to an activating group) is 2. The number of nitrogens with one attached hydrogen (secondary N) is 1. The highest BCUT2D eigenvalue weighted by atomic mass is 35.5. The van der Waals surface area contributed by atoms with Gasteiger partial charge in [-0.2, -0.15) is 0 Å². The number of nitrogens with zero attached hydrogens (tertiary/aromatic N) is 2. The van der Waals surface area contributed by atoms with Crippen LogP contribution in [0.1, 0.15) is 30.1 Å². The lowest BCUT2D eigenvalue weighted by Gasteiger charge is -2.35. The zero-order valence-electron chi connectivity index (χ0n) is 13.9. The smallest absolute Gasteiger partial charge is 0.253 e. The summed E-state index contributed by atoms with van der Waals surface area (Å²) in [6, 6.07) is 7.17. The molecule has 2 atom stereocenters. The summed E-state index contributed by atoms with van der Waals surface area (Å²) in [7, 11) is 3.94. The van der Waals surface area contributed by atoms with Gasteiger partial charge in [0.2, 0.25) is 5.91 Å². The number of halogens is 1. The van der Waals surface area contributed by atoms with E-state index in [1.54, 1.807) is 31.2 Å². The molecule has 0 aliphatic carbocycles. The van der Waals surface area contributed by atoms with Gasteiger partial charge in [0.1, 0.15) is 5.38 Å². The summed E-state index contributed by atoms with van der Waals surface area (Å²) < 4.78 is 0. The van der Waals surface area contributed by atoms with Crippen LogP contribution in [0.3, 0.4) is 0 Å². The Bertz CT molecular complexity index is 559. The lowest BCUT2D eigenvalue weighted by Crippen LogP contribution is -2.47. The van der Waals surface area contributed by atoms with Crippen LogP contribution in [-0.4, -0.2) is 60.2 Å². The summed E-state index contributed by atoms with van der Waals surface area (Å²) >= 11 is 5.72. The van der Waals surface area contributed by atoms with Crippen LogP contribution in [0.15, 0.2) is 24.3 Å². The monoisotopic (exact) mass is 337 g/mol. The average Bonchev–Trinajstić information content (AvgIpc) is 2.54. The number of carbonyl (C=O) groups excluding carboxylic acids is 2. The van der Waals surface area contributed by atoms with Crippen molar-refractivity contribution < 1.29 is 9.59 Å². The summed E-state index contributed by atoms with van der Waals surface area (Å²) in [5.41, 5.74) is 1.26. The molecule has 2 amide bonds. The maximum Gasteiger partial charge on any atom is 0.253 e. The van der Waals surface area contributed by atoms with Crippen molar-refractivity contribution in [3.8, 4) is 0 Å². The third-order valence-electron chi connectivity index (χ3n) is 4.23. The van der Waals surface area contributed by atoms with Crippen LogP contribution in [0.25, 0.3) is 0 Å². The molecule has 0 aromatic heterocycles. The van der Waals surface area contributed by atoms with Crippen LogP contribution in [0.4, 0.5) is 5.69 Å². The molecule has 1 heterocycles. The van der Waals surface area contributed by atoms with Crippen molar-refractivity contribution >= 4 is 29.1 Å². The molecule has 1 aromatic rings. The average molecular weight is 338 g/mol. The molecule has 1 aromatic carbocycles. The maximum absolute atomic E-state index is 12.6. The van der Waals surface area contributed by atoms with E-state index >= 15 is 0 Å². The fourth-order valence-corrected chi connectivity index (χ4v) is 2.82. The predicted octanol–water partition coefficient (Wildman–Crippen LogP) is 2.42. The molecule has 23 heavy (non-hydrogen) atoms. The molecule has 0 spiro atoms. The first-order valence-corrected chi connectivity index (χ1v) is 8.33. The zero-order valence-corrected chi connectivity index (χ0v) is 14.6. The van der Waals surface area contributed by atoms with Gasteiger partial charge in [-0.25, -0.2) is 0 Å². The molecule has 2 rings (SSSR count). The van der Waals surface area contributed by atoms with E-state index in [1.807, 2.05) is 11.9 Å². The summed E-state index contributed by atoms with van der Waals surface area (Å²) in [5, 5.41) is 2.11. The van der Waals surface area contributed by atoms with E-state index in [4.69, 9.17) is 11.6 Å². The van der Waals surface area contributed by atoms with Gasteiger partial charge >= 0.3 is 0 Å². The SMILES string of the molecule is CC(Cl)C(=O)Nc1ccc(C(=O)N(C)C2CCCN(C)C2)cc1. The quantitative estimate of drug-likeness (QED) is 0.858. The van der Waals surface area contributed by atoms with Gasteiger partial charge in [0.05, 0.1) is 0 Å². The first-order valence-electron chi connectivity index (χ1n) is 7.89. The Balaban J connectivity index is 2.00. The Morgan fingerprint density at radius 1 is 1.35 bits per heavy atom. The molecule has 1 fully saturated rings. The first-order chi connectivity index (χ1) is 10.9. The number of likely N-dealkylation sites (tertiary alicyclic amines) is 1. The summed E-state index contributed by atoms with van der Waals surface area (Å²) in [5.74, 6) is -0.248. The first kappa shape index (κ1) is 17.8. The van der Waals surface area contributed by atoms with Crippen LogP contribution >= 0.6 is 11.6 Å². The molecule has 1 aliphatic heterocycles. The van der Waals surface area contributed by atoms with Gasteiger partial charge < -0.3 is 15.1 Å². The highest BCUT2D eigenvalue weighted by molar-refractivity contribution is 6.32. The van der Waals surface area contributed by atoms with Crippen molar-refractivity contribution in [1.82, 2.24) is 9.80 Å². The van der Waals surface area contributed by atoms with Gasteiger partial charge in [-0.3, -0.25) is 9.59 Å². The molecule has 1 saturated heterocycles. The van der Waals surface area contributed by atoms with Gasteiger partial charge in [-0.1, -0.05) is 0 Å². The van der Waals surface area contributed by atoms with Crippen molar-refractivity contribution in [2.75, 3.05) is 32.5 Å². The molecular weight excluding hydrogens is 314 g/mol. The Kier molecular flexibility index (Phi) is 6.02. The number of carbonyl (C=O) groups is 2. The van der Waals surface area contributed by atoms with E-state index in [9.17, 15) is 9.59 Å². The van der Waals surface area contributed by atoms with E-state index in [0.717, 1.165) is 25.9 Å². The van der Waals surface area contributed by atoms with Gasteiger partial charge in [-0.05, 0) is 57.6 Å². The largest absolute Gasteiger partial charge is 0.337 e. The van der Waals surface area contributed by atoms with Crippen LogP contribution in [0.2, 0.25) is 0 Å². The number of benzene rings is 1. The number of hydrogen-bond donors (Lipinski definition) is 1. The zero-order chi connectivity index (χ0) is 17.0. The Labute approximate surface area is 142 Å². The molecule has 1 N–H and O–H groups in total. The highest BCUT2D eigenvalue weighted by Crippen LogP contribution is 2.17. The van der Waals surface area contributed by atoms with Gasteiger partial charge in [0.25, 0.3) is 5.91 Å². The van der Waals surface area contributed by atoms with E-state index < -0.39 is 5.38 Å². The molecule has 1 aliphatic rings. The number of anilines is 1. The molecule has 0 radical (unpaired) electrons. The Hall–Kier alpha value is -1.59. The van der Waals surface area contributed by atoms with Crippen LogP contribution in [0, 0.1) is 0 Å². The summed E-state index contributed by atoms with van der Waals surface area (Å²) in [6.45, 7) is 3.61. The molecule has 6 heteroatoms. The van der Waals surface area contributed by atoms with Gasteiger partial charge in [-0.15, -0.1) is 11.6 Å². The van der Waals surface area contributed by atoms with Crippen molar-refractivity contribution in [3.05, 3.63) is 29.8 Å². The third-order valence-corrected chi connectivity index (χ3v) is 4.43. The van der Waals surface area contributed by atoms with E-state index in [-0.39, 0.29) is 17.9 Å². The lowest BCUT2D eigenvalue weighted by molar-refractivity contribution is -0.115. The molecule has 0 saturated carbocycles. The number of amides is 2. The van der Waals surface area contributed by atoms with E-state index in [1.165, 1.54) is 0 Å². The fraction of sp³-hybridized carbons (Fsp3) is 0.529. The third kappa shape index (κ3) is 4.69. The Morgan fingerprint density at radius 2 is 2.00 bits per heavy atom. The Morgan fingerprint density at radius 3 is 2.57 bits per heavy atom. The highest BCUT2D eigenvalue weighted by Gasteiger charge is 2.25. The maximum atomic E-state index is 12.6. The van der Waals surface area contributed by atoms with Gasteiger partial charge in [0, 0.05) is 30.9 Å². The topological polar surface area (TPSA) is 52.7 Å². The number of rotatable bonds is 4. The second-order valence-corrected chi connectivity index (χ2v) is 6.81. The normalized spacial score (nSPS) is 19.9. The molecular formula is C17H24ClN3O2. The minimum absolute atomic E-state index is 0.00823. The minimum atomic E-state index is -0.592. The van der Waals surface area contributed by atoms with E-state index in [0.29, 0.717) is 11.3 Å². The van der Waals surface area contributed by atoms with Crippen molar-refractivity contribution in [2.24, 2.45) is 0 Å². The fourth-order valence-electron chi connectivity index (χ4n) is 2.76. The standard InChI is InChI=1S/C17H24ClN3O2/c1-12(18)16(22)19-14-8-6-13(7-9-14)17(23)21(3)15-5-4-10-20(2)11-15/h6-9,12,15H,4-5,10-11H2,1-3H3,(H,19,22). The summed E-state index contributed by atoms with van der Waals surface area (Å²) in [6.07, 6.45) is 2.15. The minimum Gasteiger partial charge on any atom is -0.337 e.